The van der Waals surface area contributed by atoms with Gasteiger partial charge >= 0.3 is 0 Å². The van der Waals surface area contributed by atoms with E-state index in [9.17, 15) is 0 Å². The fourth-order valence-corrected chi connectivity index (χ4v) is 5.14. The Morgan fingerprint density at radius 3 is 2.14 bits per heavy atom. The van der Waals surface area contributed by atoms with Gasteiger partial charge in [0, 0.05) is 48.4 Å². The number of aromatic nitrogens is 2. The van der Waals surface area contributed by atoms with Crippen LogP contribution in [0.25, 0.3) is 22.6 Å². The summed E-state index contributed by atoms with van der Waals surface area (Å²) in [5.41, 5.74) is 7.08. The first kappa shape index (κ1) is 27.0. The van der Waals surface area contributed by atoms with E-state index < -0.39 is 0 Å². The molecule has 37 heavy (non-hydrogen) atoms. The number of imidazole rings is 1. The van der Waals surface area contributed by atoms with E-state index in [-0.39, 0.29) is 0 Å². The Balaban J connectivity index is 1.78. The maximum atomic E-state index is 5.30. The van der Waals surface area contributed by atoms with Gasteiger partial charge in [-0.05, 0) is 37.1 Å². The van der Waals surface area contributed by atoms with Gasteiger partial charge in [-0.15, -0.1) is 12.6 Å². The first-order valence-corrected chi connectivity index (χ1v) is 14.0. The highest BCUT2D eigenvalue weighted by Crippen LogP contribution is 2.32. The summed E-state index contributed by atoms with van der Waals surface area (Å²) in [6.45, 7) is 8.26. The Hall–Kier alpha value is -3.02. The van der Waals surface area contributed by atoms with Crippen molar-refractivity contribution in [1.82, 2.24) is 14.5 Å². The highest BCUT2D eigenvalue weighted by molar-refractivity contribution is 7.80. The van der Waals surface area contributed by atoms with Crippen molar-refractivity contribution in [3.8, 4) is 22.6 Å². The minimum atomic E-state index is 0.851. The van der Waals surface area contributed by atoms with Crippen LogP contribution in [0.4, 0.5) is 5.69 Å². The number of hydrogen-bond donors (Lipinski definition) is 2. The first-order chi connectivity index (χ1) is 18.1. The zero-order valence-electron chi connectivity index (χ0n) is 22.5. The Morgan fingerprint density at radius 2 is 1.51 bits per heavy atom. The summed E-state index contributed by atoms with van der Waals surface area (Å²) < 4.78 is 2.48. The second-order valence-corrected chi connectivity index (χ2v) is 10.1. The molecule has 0 fully saturated rings. The van der Waals surface area contributed by atoms with Crippen LogP contribution in [0.5, 0.6) is 0 Å². The SMILES string of the molecule is CCCCN(Cc1ccc(NC)c(S)c1)Cc1c(-c2ccccc2)nc(-c2ccccc2)n1CCCC. The van der Waals surface area contributed by atoms with Crippen molar-refractivity contribution >= 4 is 18.3 Å². The first-order valence-electron chi connectivity index (χ1n) is 13.6. The van der Waals surface area contributed by atoms with Crippen LogP contribution < -0.4 is 5.32 Å². The molecule has 0 aliphatic carbocycles. The predicted molar refractivity (Wildman–Crippen MR) is 160 cm³/mol. The summed E-state index contributed by atoms with van der Waals surface area (Å²) in [4.78, 5) is 8.86. The van der Waals surface area contributed by atoms with Crippen molar-refractivity contribution in [2.24, 2.45) is 0 Å². The third kappa shape index (κ3) is 6.85. The zero-order chi connectivity index (χ0) is 26.0. The average molecular weight is 513 g/mol. The lowest BCUT2D eigenvalue weighted by molar-refractivity contribution is 0.246. The maximum Gasteiger partial charge on any atom is 0.140 e. The van der Waals surface area contributed by atoms with Gasteiger partial charge in [-0.3, -0.25) is 4.90 Å². The van der Waals surface area contributed by atoms with Gasteiger partial charge in [0.25, 0.3) is 0 Å². The van der Waals surface area contributed by atoms with Crippen LogP contribution in [-0.4, -0.2) is 28.0 Å². The minimum Gasteiger partial charge on any atom is -0.387 e. The Kier molecular flexibility index (Phi) is 9.86. The Labute approximate surface area is 228 Å². The fourth-order valence-electron chi connectivity index (χ4n) is 4.79. The number of nitrogens with one attached hydrogen (secondary N) is 1. The van der Waals surface area contributed by atoms with Gasteiger partial charge in [0.2, 0.25) is 0 Å². The van der Waals surface area contributed by atoms with Crippen molar-refractivity contribution in [3.63, 3.8) is 0 Å². The highest BCUT2D eigenvalue weighted by Gasteiger charge is 2.22. The Bertz CT molecular complexity index is 1250. The summed E-state index contributed by atoms with van der Waals surface area (Å²) >= 11 is 4.71. The van der Waals surface area contributed by atoms with Crippen LogP contribution >= 0.6 is 12.6 Å². The molecule has 0 unspecified atom stereocenters. The van der Waals surface area contributed by atoms with Crippen molar-refractivity contribution in [2.45, 2.75) is 64.1 Å². The molecular weight excluding hydrogens is 472 g/mol. The molecule has 0 atom stereocenters. The van der Waals surface area contributed by atoms with Crippen LogP contribution in [0.15, 0.2) is 83.8 Å². The second-order valence-electron chi connectivity index (χ2n) is 9.63. The summed E-state index contributed by atoms with van der Waals surface area (Å²) in [7, 11) is 1.94. The van der Waals surface area contributed by atoms with Crippen molar-refractivity contribution in [3.05, 3.63) is 90.1 Å². The molecule has 0 saturated heterocycles. The summed E-state index contributed by atoms with van der Waals surface area (Å²) in [6, 6.07) is 27.8. The average Bonchev–Trinajstić information content (AvgIpc) is 3.29. The molecule has 0 aliphatic heterocycles. The monoisotopic (exact) mass is 512 g/mol. The number of nitrogens with zero attached hydrogens (tertiary/aromatic N) is 3. The molecule has 5 heteroatoms. The zero-order valence-corrected chi connectivity index (χ0v) is 23.3. The van der Waals surface area contributed by atoms with E-state index in [1.807, 2.05) is 7.05 Å². The molecule has 4 aromatic rings. The lowest BCUT2D eigenvalue weighted by Crippen LogP contribution is -2.26. The predicted octanol–water partition coefficient (Wildman–Crippen LogP) is 8.15. The number of thiol groups is 1. The minimum absolute atomic E-state index is 0.851. The lowest BCUT2D eigenvalue weighted by atomic mass is 10.1. The van der Waals surface area contributed by atoms with E-state index in [0.717, 1.165) is 67.5 Å². The number of unbranched alkanes of at least 4 members (excludes halogenated alkanes) is 2. The van der Waals surface area contributed by atoms with E-state index in [1.165, 1.54) is 28.8 Å². The lowest BCUT2D eigenvalue weighted by Gasteiger charge is -2.24. The number of anilines is 1. The molecule has 0 amide bonds. The standard InChI is InChI=1S/C32H40N4S/c1-4-6-20-35(23-25-18-19-28(33-3)30(37)22-25)24-29-31(26-14-10-8-11-15-26)34-32(36(29)21-7-5-2)27-16-12-9-13-17-27/h8-19,22,33,37H,4-7,20-21,23-24H2,1-3H3. The van der Waals surface area contributed by atoms with Gasteiger partial charge in [0.15, 0.2) is 0 Å². The van der Waals surface area contributed by atoms with Gasteiger partial charge in [-0.1, -0.05) is 93.4 Å². The van der Waals surface area contributed by atoms with Crippen LogP contribution in [0.2, 0.25) is 0 Å². The van der Waals surface area contributed by atoms with Crippen LogP contribution in [0, 0.1) is 0 Å². The van der Waals surface area contributed by atoms with Gasteiger partial charge in [-0.25, -0.2) is 4.98 Å². The van der Waals surface area contributed by atoms with Gasteiger partial charge in [0.05, 0.1) is 11.4 Å². The Morgan fingerprint density at radius 1 is 0.838 bits per heavy atom. The van der Waals surface area contributed by atoms with Crippen LogP contribution in [0.1, 0.15) is 50.8 Å². The highest BCUT2D eigenvalue weighted by atomic mass is 32.1. The molecule has 0 aliphatic rings. The van der Waals surface area contributed by atoms with Crippen LogP contribution in [-0.2, 0) is 19.6 Å². The van der Waals surface area contributed by atoms with E-state index in [0.29, 0.717) is 0 Å². The van der Waals surface area contributed by atoms with Gasteiger partial charge in [-0.2, -0.15) is 0 Å². The number of hydrogen-bond acceptors (Lipinski definition) is 4. The van der Waals surface area contributed by atoms with E-state index in [1.54, 1.807) is 0 Å². The second kappa shape index (κ2) is 13.5. The van der Waals surface area contributed by atoms with E-state index in [4.69, 9.17) is 17.6 Å². The molecule has 194 valence electrons. The van der Waals surface area contributed by atoms with E-state index >= 15 is 0 Å². The number of rotatable bonds is 13. The quantitative estimate of drug-likeness (QED) is 0.177. The van der Waals surface area contributed by atoms with Crippen molar-refractivity contribution in [2.75, 3.05) is 18.9 Å². The molecule has 0 saturated carbocycles. The topological polar surface area (TPSA) is 33.1 Å². The molecule has 3 aromatic carbocycles. The largest absolute Gasteiger partial charge is 0.387 e. The number of benzene rings is 3. The van der Waals surface area contributed by atoms with Crippen molar-refractivity contribution in [1.29, 1.82) is 0 Å². The van der Waals surface area contributed by atoms with Crippen LogP contribution in [0.3, 0.4) is 0 Å². The van der Waals surface area contributed by atoms with Gasteiger partial charge in [0.1, 0.15) is 5.82 Å². The third-order valence-corrected chi connectivity index (χ3v) is 7.20. The van der Waals surface area contributed by atoms with Gasteiger partial charge < -0.3 is 9.88 Å². The fraction of sp³-hybridized carbons (Fsp3) is 0.344. The molecule has 4 rings (SSSR count). The molecule has 1 N–H and O–H groups in total. The smallest absolute Gasteiger partial charge is 0.140 e. The molecule has 4 nitrogen and oxygen atoms in total. The maximum absolute atomic E-state index is 5.30. The van der Waals surface area contributed by atoms with E-state index in [2.05, 4.69) is 107 Å². The molecule has 1 aromatic heterocycles. The summed E-state index contributed by atoms with van der Waals surface area (Å²) in [5, 5.41) is 3.22. The normalized spacial score (nSPS) is 11.3. The summed E-state index contributed by atoms with van der Waals surface area (Å²) in [5.74, 6) is 1.06. The summed E-state index contributed by atoms with van der Waals surface area (Å²) in [6.07, 6.45) is 4.61. The molecule has 0 bridgehead atoms. The molecule has 0 spiro atoms. The third-order valence-electron chi connectivity index (χ3n) is 6.83. The molecule has 1 heterocycles. The molecular formula is C32H40N4S. The molecule has 0 radical (unpaired) electrons. The van der Waals surface area contributed by atoms with Crippen molar-refractivity contribution < 1.29 is 0 Å².